The number of Topliss-reactive ketones (excluding diaryl/α,β-unsaturated/α-hetero) is 1. The molecule has 0 saturated heterocycles. The van der Waals surface area contributed by atoms with E-state index in [1.807, 2.05) is 0 Å². The van der Waals surface area contributed by atoms with Crippen molar-refractivity contribution in [2.75, 3.05) is 5.75 Å². The first-order chi connectivity index (χ1) is 7.33. The smallest absolute Gasteiger partial charge is 0.178 e. The molecule has 6 heteroatoms. The van der Waals surface area contributed by atoms with Crippen LogP contribution in [0.5, 0.6) is 0 Å². The maximum atomic E-state index is 12.8. The van der Waals surface area contributed by atoms with Gasteiger partial charge in [0, 0.05) is 6.42 Å². The van der Waals surface area contributed by atoms with Gasteiger partial charge in [-0.15, -0.1) is 0 Å². The molecular formula is C10H10ClFO3S. The second kappa shape index (κ2) is 4.93. The van der Waals surface area contributed by atoms with Gasteiger partial charge in [0.2, 0.25) is 0 Å². The summed E-state index contributed by atoms with van der Waals surface area (Å²) >= 11 is 5.48. The highest BCUT2D eigenvalue weighted by Gasteiger charge is 2.16. The molecule has 0 spiro atoms. The van der Waals surface area contributed by atoms with E-state index in [0.717, 1.165) is 18.2 Å². The molecule has 0 unspecified atom stereocenters. The van der Waals surface area contributed by atoms with E-state index in [1.54, 1.807) is 0 Å². The summed E-state index contributed by atoms with van der Waals surface area (Å²) in [5.74, 6) is -1.17. The first-order valence-electron chi connectivity index (χ1n) is 4.50. The maximum Gasteiger partial charge on any atom is 0.178 e. The number of benzene rings is 1. The standard InChI is InChI=1S/C10H10ClFO3S/c1-7(13)4-5-16(14,15)8-2-3-10(12)9(11)6-8/h2-3,6H,4-5H2,1H3. The maximum absolute atomic E-state index is 12.8. The van der Waals surface area contributed by atoms with Gasteiger partial charge >= 0.3 is 0 Å². The van der Waals surface area contributed by atoms with Crippen LogP contribution in [0.1, 0.15) is 13.3 Å². The summed E-state index contributed by atoms with van der Waals surface area (Å²) in [6.45, 7) is 1.31. The fourth-order valence-electron chi connectivity index (χ4n) is 1.07. The van der Waals surface area contributed by atoms with Crippen LogP contribution in [-0.2, 0) is 14.6 Å². The molecule has 0 bridgehead atoms. The lowest BCUT2D eigenvalue weighted by molar-refractivity contribution is -0.116. The lowest BCUT2D eigenvalue weighted by Gasteiger charge is -2.03. The summed E-state index contributed by atoms with van der Waals surface area (Å²) < 4.78 is 36.2. The number of carbonyl (C=O) groups is 1. The van der Waals surface area contributed by atoms with Crippen LogP contribution in [0, 0.1) is 5.82 Å². The molecule has 88 valence electrons. The van der Waals surface area contributed by atoms with Gasteiger partial charge in [-0.2, -0.15) is 0 Å². The number of hydrogen-bond acceptors (Lipinski definition) is 3. The monoisotopic (exact) mass is 264 g/mol. The Morgan fingerprint density at radius 2 is 2.06 bits per heavy atom. The topological polar surface area (TPSA) is 51.2 Å². The van der Waals surface area contributed by atoms with Gasteiger partial charge in [-0.25, -0.2) is 12.8 Å². The van der Waals surface area contributed by atoms with Gasteiger partial charge in [0.25, 0.3) is 0 Å². The SMILES string of the molecule is CC(=O)CCS(=O)(=O)c1ccc(F)c(Cl)c1. The van der Waals surface area contributed by atoms with Gasteiger partial charge in [0.15, 0.2) is 9.84 Å². The summed E-state index contributed by atoms with van der Waals surface area (Å²) in [5, 5.41) is -0.246. The van der Waals surface area contributed by atoms with Crippen LogP contribution >= 0.6 is 11.6 Å². The minimum absolute atomic E-state index is 0.0582. The van der Waals surface area contributed by atoms with E-state index in [9.17, 15) is 17.6 Å². The molecule has 1 aromatic rings. The van der Waals surface area contributed by atoms with Gasteiger partial charge < -0.3 is 0 Å². The van der Waals surface area contributed by atoms with E-state index < -0.39 is 15.7 Å². The third-order valence-corrected chi connectivity index (χ3v) is 3.98. The molecule has 1 aromatic carbocycles. The van der Waals surface area contributed by atoms with Gasteiger partial charge in [0.1, 0.15) is 11.6 Å². The molecule has 1 rings (SSSR count). The summed E-state index contributed by atoms with van der Waals surface area (Å²) in [5.41, 5.74) is 0. The fourth-order valence-corrected chi connectivity index (χ4v) is 2.68. The average Bonchev–Trinajstić information content (AvgIpc) is 2.19. The second-order valence-electron chi connectivity index (χ2n) is 3.35. The van der Waals surface area contributed by atoms with Crippen molar-refractivity contribution in [1.29, 1.82) is 0 Å². The molecule has 0 amide bonds. The summed E-state index contributed by atoms with van der Waals surface area (Å²) in [7, 11) is -3.57. The molecule has 0 saturated carbocycles. The predicted molar refractivity (Wildman–Crippen MR) is 58.8 cm³/mol. The van der Waals surface area contributed by atoms with Crippen LogP contribution in [0.2, 0.25) is 5.02 Å². The van der Waals surface area contributed by atoms with Crippen LogP contribution in [0.25, 0.3) is 0 Å². The first-order valence-corrected chi connectivity index (χ1v) is 6.53. The highest BCUT2D eigenvalue weighted by atomic mass is 35.5. The highest BCUT2D eigenvalue weighted by molar-refractivity contribution is 7.91. The Labute approximate surface area is 98.1 Å². The molecule has 0 atom stereocenters. The molecule has 3 nitrogen and oxygen atoms in total. The van der Waals surface area contributed by atoms with E-state index in [2.05, 4.69) is 0 Å². The van der Waals surface area contributed by atoms with Crippen molar-refractivity contribution in [2.45, 2.75) is 18.2 Å². The van der Waals surface area contributed by atoms with E-state index in [1.165, 1.54) is 6.92 Å². The van der Waals surface area contributed by atoms with E-state index >= 15 is 0 Å². The van der Waals surface area contributed by atoms with Crippen LogP contribution in [0.15, 0.2) is 23.1 Å². The summed E-state index contributed by atoms with van der Waals surface area (Å²) in [6, 6.07) is 3.17. The van der Waals surface area contributed by atoms with Crippen molar-refractivity contribution in [3.63, 3.8) is 0 Å². The van der Waals surface area contributed by atoms with Crippen molar-refractivity contribution in [2.24, 2.45) is 0 Å². The average molecular weight is 265 g/mol. The molecule has 0 heterocycles. The first kappa shape index (κ1) is 13.1. The molecule has 0 aromatic heterocycles. The van der Waals surface area contributed by atoms with Gasteiger partial charge in [-0.05, 0) is 25.1 Å². The molecule has 0 fully saturated rings. The minimum Gasteiger partial charge on any atom is -0.300 e. The Morgan fingerprint density at radius 1 is 1.44 bits per heavy atom. The summed E-state index contributed by atoms with van der Waals surface area (Å²) in [4.78, 5) is 10.6. The largest absolute Gasteiger partial charge is 0.300 e. The third kappa shape index (κ3) is 3.28. The van der Waals surface area contributed by atoms with E-state index in [0.29, 0.717) is 0 Å². The highest BCUT2D eigenvalue weighted by Crippen LogP contribution is 2.20. The number of halogens is 2. The second-order valence-corrected chi connectivity index (χ2v) is 5.86. The number of carbonyl (C=O) groups excluding carboxylic acids is 1. The number of sulfone groups is 1. The van der Waals surface area contributed by atoms with Crippen LogP contribution in [0.3, 0.4) is 0 Å². The van der Waals surface area contributed by atoms with E-state index in [4.69, 9.17) is 11.6 Å². The minimum atomic E-state index is -3.57. The van der Waals surface area contributed by atoms with Crippen molar-refractivity contribution < 1.29 is 17.6 Å². The lowest BCUT2D eigenvalue weighted by atomic mass is 10.3. The quantitative estimate of drug-likeness (QED) is 0.784. The Morgan fingerprint density at radius 3 is 2.56 bits per heavy atom. The lowest BCUT2D eigenvalue weighted by Crippen LogP contribution is -2.10. The van der Waals surface area contributed by atoms with E-state index in [-0.39, 0.29) is 27.9 Å². The molecule has 0 N–H and O–H groups in total. The predicted octanol–water partition coefficient (Wildman–Crippen LogP) is 2.23. The van der Waals surface area contributed by atoms with Crippen LogP contribution in [0.4, 0.5) is 4.39 Å². The fraction of sp³-hybridized carbons (Fsp3) is 0.300. The van der Waals surface area contributed by atoms with Gasteiger partial charge in [-0.1, -0.05) is 11.6 Å². The van der Waals surface area contributed by atoms with Crippen molar-refractivity contribution in [3.05, 3.63) is 29.0 Å². The molecule has 0 radical (unpaired) electrons. The molecule has 0 aliphatic rings. The Kier molecular flexibility index (Phi) is 4.04. The zero-order valence-electron chi connectivity index (χ0n) is 8.54. The van der Waals surface area contributed by atoms with Crippen LogP contribution in [-0.4, -0.2) is 20.0 Å². The van der Waals surface area contributed by atoms with Crippen molar-refractivity contribution in [1.82, 2.24) is 0 Å². The zero-order valence-corrected chi connectivity index (χ0v) is 10.1. The molecule has 16 heavy (non-hydrogen) atoms. The number of rotatable bonds is 4. The van der Waals surface area contributed by atoms with Crippen LogP contribution < -0.4 is 0 Å². The molecule has 0 aliphatic carbocycles. The number of hydrogen-bond donors (Lipinski definition) is 0. The van der Waals surface area contributed by atoms with Gasteiger partial charge in [0.05, 0.1) is 15.7 Å². The Bertz CT molecular complexity index is 511. The third-order valence-electron chi connectivity index (χ3n) is 1.97. The Balaban J connectivity index is 2.99. The van der Waals surface area contributed by atoms with Crippen molar-refractivity contribution >= 4 is 27.2 Å². The van der Waals surface area contributed by atoms with Crippen molar-refractivity contribution in [3.8, 4) is 0 Å². The van der Waals surface area contributed by atoms with Gasteiger partial charge in [-0.3, -0.25) is 4.79 Å². The zero-order chi connectivity index (χ0) is 12.3. The molecular weight excluding hydrogens is 255 g/mol. The normalized spacial score (nSPS) is 11.4. The summed E-state index contributed by atoms with van der Waals surface area (Å²) in [6.07, 6.45) is -0.0582. The number of ketones is 1. The Hall–Kier alpha value is -0.940. The molecule has 0 aliphatic heterocycles.